The summed E-state index contributed by atoms with van der Waals surface area (Å²) in [5, 5.41) is 8.85. The fourth-order valence-corrected chi connectivity index (χ4v) is 1.56. The second-order valence-electron chi connectivity index (χ2n) is 3.17. The van der Waals surface area contributed by atoms with Crippen LogP contribution in [0.5, 0.6) is 5.75 Å². The fourth-order valence-electron chi connectivity index (χ4n) is 1.56. The summed E-state index contributed by atoms with van der Waals surface area (Å²) in [4.78, 5) is 2.21. The van der Waals surface area contributed by atoms with Gasteiger partial charge in [0.1, 0.15) is 11.8 Å². The Labute approximate surface area is 90.9 Å². The van der Waals surface area contributed by atoms with E-state index in [0.29, 0.717) is 11.3 Å². The van der Waals surface area contributed by atoms with E-state index in [4.69, 9.17) is 10.00 Å². The molecule has 1 aromatic rings. The molecule has 0 bridgehead atoms. The minimum absolute atomic E-state index is 0.577. The zero-order valence-electron chi connectivity index (χ0n) is 9.45. The number of nitriles is 1. The van der Waals surface area contributed by atoms with Crippen LogP contribution in [0.15, 0.2) is 18.2 Å². The summed E-state index contributed by atoms with van der Waals surface area (Å²) in [7, 11) is 1.59. The molecule has 0 saturated heterocycles. The number of rotatable bonds is 4. The van der Waals surface area contributed by atoms with Gasteiger partial charge in [-0.25, -0.2) is 0 Å². The summed E-state index contributed by atoms with van der Waals surface area (Å²) in [5.41, 5.74) is 1.67. The molecule has 0 aliphatic carbocycles. The summed E-state index contributed by atoms with van der Waals surface area (Å²) in [6, 6.07) is 7.76. The molecule has 0 spiro atoms. The molecule has 3 nitrogen and oxygen atoms in total. The van der Waals surface area contributed by atoms with Gasteiger partial charge in [0.2, 0.25) is 0 Å². The number of hydrogen-bond donors (Lipinski definition) is 0. The molecule has 0 N–H and O–H groups in total. The van der Waals surface area contributed by atoms with Crippen molar-refractivity contribution in [1.29, 1.82) is 5.26 Å². The van der Waals surface area contributed by atoms with Crippen molar-refractivity contribution < 1.29 is 4.74 Å². The molecule has 0 heterocycles. The quantitative estimate of drug-likeness (QED) is 0.755. The van der Waals surface area contributed by atoms with Gasteiger partial charge in [0.25, 0.3) is 0 Å². The van der Waals surface area contributed by atoms with E-state index in [0.717, 1.165) is 18.8 Å². The molecule has 80 valence electrons. The molecule has 0 aliphatic heterocycles. The smallest absolute Gasteiger partial charge is 0.138 e. The molecular formula is C12H16N2O. The van der Waals surface area contributed by atoms with Crippen molar-refractivity contribution in [1.82, 2.24) is 0 Å². The summed E-state index contributed by atoms with van der Waals surface area (Å²) in [6.45, 7) is 6.11. The molecule has 0 atom stereocenters. The first kappa shape index (κ1) is 11.4. The van der Waals surface area contributed by atoms with Gasteiger partial charge in [-0.3, -0.25) is 0 Å². The van der Waals surface area contributed by atoms with E-state index in [9.17, 15) is 0 Å². The van der Waals surface area contributed by atoms with Gasteiger partial charge in [-0.05, 0) is 26.0 Å². The standard InChI is InChI=1S/C12H16N2O/c1-4-14(5-2)11-7-6-10(9-13)12(8-11)15-3/h6-8H,4-5H2,1-3H3. The average molecular weight is 204 g/mol. The van der Waals surface area contributed by atoms with Crippen LogP contribution >= 0.6 is 0 Å². The van der Waals surface area contributed by atoms with E-state index < -0.39 is 0 Å². The van der Waals surface area contributed by atoms with Gasteiger partial charge >= 0.3 is 0 Å². The highest BCUT2D eigenvalue weighted by Gasteiger charge is 2.06. The largest absolute Gasteiger partial charge is 0.495 e. The Bertz CT molecular complexity index is 364. The van der Waals surface area contributed by atoms with Crippen LogP contribution in [0.25, 0.3) is 0 Å². The van der Waals surface area contributed by atoms with Crippen molar-refractivity contribution >= 4 is 5.69 Å². The first-order valence-corrected chi connectivity index (χ1v) is 5.09. The van der Waals surface area contributed by atoms with Crippen molar-refractivity contribution in [3.63, 3.8) is 0 Å². The predicted molar refractivity (Wildman–Crippen MR) is 61.3 cm³/mol. The second kappa shape index (κ2) is 5.26. The number of methoxy groups -OCH3 is 1. The Balaban J connectivity index is 3.08. The van der Waals surface area contributed by atoms with E-state index in [2.05, 4.69) is 24.8 Å². The van der Waals surface area contributed by atoms with Crippen LogP contribution < -0.4 is 9.64 Å². The highest BCUT2D eigenvalue weighted by Crippen LogP contribution is 2.24. The third-order valence-electron chi connectivity index (χ3n) is 2.43. The topological polar surface area (TPSA) is 36.3 Å². The number of benzene rings is 1. The van der Waals surface area contributed by atoms with Crippen LogP contribution in [-0.2, 0) is 0 Å². The third-order valence-corrected chi connectivity index (χ3v) is 2.43. The van der Waals surface area contributed by atoms with Crippen molar-refractivity contribution in [3.05, 3.63) is 23.8 Å². The van der Waals surface area contributed by atoms with Gasteiger partial charge in [0, 0.05) is 24.8 Å². The molecule has 0 saturated carbocycles. The maximum absolute atomic E-state index is 8.85. The van der Waals surface area contributed by atoms with Crippen LogP contribution in [0.2, 0.25) is 0 Å². The summed E-state index contributed by atoms with van der Waals surface area (Å²) in [6.07, 6.45) is 0. The lowest BCUT2D eigenvalue weighted by atomic mass is 10.2. The van der Waals surface area contributed by atoms with Gasteiger partial charge in [-0.2, -0.15) is 5.26 Å². The van der Waals surface area contributed by atoms with Crippen LogP contribution in [0.3, 0.4) is 0 Å². The molecule has 0 unspecified atom stereocenters. The Morgan fingerprint density at radius 3 is 2.47 bits per heavy atom. The maximum Gasteiger partial charge on any atom is 0.138 e. The molecule has 0 amide bonds. The second-order valence-corrected chi connectivity index (χ2v) is 3.17. The Morgan fingerprint density at radius 1 is 1.33 bits per heavy atom. The molecule has 0 radical (unpaired) electrons. The molecule has 3 heteroatoms. The Morgan fingerprint density at radius 2 is 2.00 bits per heavy atom. The minimum Gasteiger partial charge on any atom is -0.495 e. The lowest BCUT2D eigenvalue weighted by Gasteiger charge is -2.21. The zero-order chi connectivity index (χ0) is 11.3. The molecule has 0 fully saturated rings. The number of nitrogens with zero attached hydrogens (tertiary/aromatic N) is 2. The molecule has 1 rings (SSSR count). The molecular weight excluding hydrogens is 188 g/mol. The van der Waals surface area contributed by atoms with Crippen molar-refractivity contribution in [2.75, 3.05) is 25.1 Å². The predicted octanol–water partition coefficient (Wildman–Crippen LogP) is 2.41. The van der Waals surface area contributed by atoms with E-state index in [-0.39, 0.29) is 0 Å². The van der Waals surface area contributed by atoms with Gasteiger partial charge in [-0.15, -0.1) is 0 Å². The summed E-state index contributed by atoms with van der Waals surface area (Å²) >= 11 is 0. The SMILES string of the molecule is CCN(CC)c1ccc(C#N)c(OC)c1. The zero-order valence-corrected chi connectivity index (χ0v) is 9.45. The normalized spacial score (nSPS) is 9.47. The number of anilines is 1. The van der Waals surface area contributed by atoms with Crippen LogP contribution in [0.1, 0.15) is 19.4 Å². The van der Waals surface area contributed by atoms with Crippen molar-refractivity contribution in [2.24, 2.45) is 0 Å². The lowest BCUT2D eigenvalue weighted by molar-refractivity contribution is 0.413. The van der Waals surface area contributed by atoms with Crippen molar-refractivity contribution in [3.8, 4) is 11.8 Å². The monoisotopic (exact) mass is 204 g/mol. The van der Waals surface area contributed by atoms with Crippen LogP contribution in [0.4, 0.5) is 5.69 Å². The third kappa shape index (κ3) is 2.41. The maximum atomic E-state index is 8.85. The van der Waals surface area contributed by atoms with Gasteiger partial charge in [0.15, 0.2) is 0 Å². The minimum atomic E-state index is 0.577. The molecule has 0 aliphatic rings. The van der Waals surface area contributed by atoms with E-state index >= 15 is 0 Å². The number of hydrogen-bond acceptors (Lipinski definition) is 3. The fraction of sp³-hybridized carbons (Fsp3) is 0.417. The van der Waals surface area contributed by atoms with E-state index in [1.54, 1.807) is 13.2 Å². The average Bonchev–Trinajstić information content (AvgIpc) is 2.30. The van der Waals surface area contributed by atoms with Gasteiger partial charge < -0.3 is 9.64 Å². The van der Waals surface area contributed by atoms with Gasteiger partial charge in [-0.1, -0.05) is 0 Å². The van der Waals surface area contributed by atoms with E-state index in [1.165, 1.54) is 0 Å². The molecule has 1 aromatic carbocycles. The molecule has 0 aromatic heterocycles. The highest BCUT2D eigenvalue weighted by atomic mass is 16.5. The first-order valence-electron chi connectivity index (χ1n) is 5.09. The summed E-state index contributed by atoms with van der Waals surface area (Å²) in [5.74, 6) is 0.641. The first-order chi connectivity index (χ1) is 7.26. The van der Waals surface area contributed by atoms with Gasteiger partial charge in [0.05, 0.1) is 12.7 Å². The van der Waals surface area contributed by atoms with Crippen LogP contribution in [0, 0.1) is 11.3 Å². The highest BCUT2D eigenvalue weighted by molar-refractivity contribution is 5.56. The Hall–Kier alpha value is -1.69. The Kier molecular flexibility index (Phi) is 3.99. The molecule has 15 heavy (non-hydrogen) atoms. The number of ether oxygens (including phenoxy) is 1. The lowest BCUT2D eigenvalue weighted by Crippen LogP contribution is -2.21. The van der Waals surface area contributed by atoms with Crippen LogP contribution in [-0.4, -0.2) is 20.2 Å². The summed E-state index contributed by atoms with van der Waals surface area (Å²) < 4.78 is 5.17. The van der Waals surface area contributed by atoms with Crippen molar-refractivity contribution in [2.45, 2.75) is 13.8 Å². The van der Waals surface area contributed by atoms with E-state index in [1.807, 2.05) is 12.1 Å².